The van der Waals surface area contributed by atoms with Crippen LogP contribution in [0.15, 0.2) is 47.9 Å². The number of nitrogens with one attached hydrogen (secondary N) is 4. The lowest BCUT2D eigenvalue weighted by molar-refractivity contribution is -0.145. The van der Waals surface area contributed by atoms with Gasteiger partial charge in [-0.05, 0) is 52.6 Å². The number of hydrogen-bond acceptors (Lipinski definition) is 7. The Kier molecular flexibility index (Phi) is 12.6. The van der Waals surface area contributed by atoms with Crippen LogP contribution in [-0.2, 0) is 29.2 Å². The van der Waals surface area contributed by atoms with Crippen LogP contribution < -0.4 is 21.3 Å². The highest BCUT2D eigenvalue weighted by atomic mass is 32.2. The van der Waals surface area contributed by atoms with Gasteiger partial charge < -0.3 is 26.2 Å². The Morgan fingerprint density at radius 3 is 2.13 bits per heavy atom. The van der Waals surface area contributed by atoms with Gasteiger partial charge in [-0.3, -0.25) is 19.2 Å². The number of benzene rings is 1. The van der Waals surface area contributed by atoms with Gasteiger partial charge in [0.15, 0.2) is 0 Å². The summed E-state index contributed by atoms with van der Waals surface area (Å²) < 4.78 is 28.3. The molecule has 0 aromatic heterocycles. The normalized spacial score (nSPS) is 22.8. The number of hydrogen-bond donors (Lipinski definition) is 4. The average molecular weight is 757 g/mol. The van der Waals surface area contributed by atoms with Crippen molar-refractivity contribution in [3.05, 3.63) is 43.0 Å². The van der Waals surface area contributed by atoms with Crippen LogP contribution in [0.2, 0.25) is 0 Å². The van der Waals surface area contributed by atoms with Crippen LogP contribution in [0.1, 0.15) is 81.1 Å². The number of Topliss-reactive ketones (excluding diaryl/α,β-unsaturated/α-hetero) is 1. The molecule has 0 bridgehead atoms. The number of sulfonamides is 1. The lowest BCUT2D eigenvalue weighted by Gasteiger charge is -2.39. The van der Waals surface area contributed by atoms with Gasteiger partial charge in [0, 0.05) is 32.7 Å². The second-order valence-electron chi connectivity index (χ2n) is 17.7. The summed E-state index contributed by atoms with van der Waals surface area (Å²) in [5.74, 6) is -2.34. The van der Waals surface area contributed by atoms with E-state index in [0.29, 0.717) is 13.0 Å². The minimum atomic E-state index is -3.88. The molecular formula is C39H60N6O7S. The zero-order valence-corrected chi connectivity index (χ0v) is 33.6. The van der Waals surface area contributed by atoms with Crippen molar-refractivity contribution in [2.24, 2.45) is 34.0 Å². The van der Waals surface area contributed by atoms with Gasteiger partial charge in [-0.1, -0.05) is 98.9 Å². The highest BCUT2D eigenvalue weighted by Crippen LogP contribution is 2.65. The number of nitrogens with zero attached hydrogens (tertiary/aromatic N) is 2. The zero-order valence-electron chi connectivity index (χ0n) is 32.8. The average Bonchev–Trinajstić information content (AvgIpc) is 3.36. The topological polar surface area (TPSA) is 174 Å². The first kappa shape index (κ1) is 42.0. The summed E-state index contributed by atoms with van der Waals surface area (Å²) >= 11 is 0. The maximum absolute atomic E-state index is 14.5. The Hall–Kier alpha value is -3.78. The number of fused-ring (bicyclic) bond motifs is 1. The summed E-state index contributed by atoms with van der Waals surface area (Å²) in [5, 5.41) is 11.0. The maximum atomic E-state index is 14.5. The first-order valence-electron chi connectivity index (χ1n) is 18.6. The fraction of sp³-hybridized carbons (Fsp3) is 0.667. The third kappa shape index (κ3) is 9.30. The number of likely N-dealkylation sites (tertiary alicyclic amines) is 1. The molecule has 53 heavy (non-hydrogen) atoms. The molecule has 294 valence electrons. The van der Waals surface area contributed by atoms with E-state index < -0.39 is 74.6 Å². The van der Waals surface area contributed by atoms with Crippen LogP contribution in [0.4, 0.5) is 4.79 Å². The first-order valence-corrected chi connectivity index (χ1v) is 20.1. The molecule has 1 aromatic carbocycles. The predicted octanol–water partition coefficient (Wildman–Crippen LogP) is 3.47. The first-order chi connectivity index (χ1) is 24.5. The molecule has 1 unspecified atom stereocenters. The van der Waals surface area contributed by atoms with Crippen LogP contribution in [-0.4, -0.2) is 98.0 Å². The number of carbonyl (C=O) groups excluding carboxylic acids is 5. The summed E-state index contributed by atoms with van der Waals surface area (Å²) in [6.45, 7) is 19.2. The van der Waals surface area contributed by atoms with Gasteiger partial charge in [0.2, 0.25) is 27.6 Å². The van der Waals surface area contributed by atoms with Crippen molar-refractivity contribution >= 4 is 39.6 Å². The molecule has 1 aliphatic heterocycles. The highest BCUT2D eigenvalue weighted by Gasteiger charge is 2.70. The van der Waals surface area contributed by atoms with Gasteiger partial charge in [0.05, 0.1) is 10.9 Å². The van der Waals surface area contributed by atoms with E-state index in [4.69, 9.17) is 0 Å². The van der Waals surface area contributed by atoms with Crippen LogP contribution in [0.3, 0.4) is 0 Å². The largest absolute Gasteiger partial charge is 0.346 e. The molecule has 1 heterocycles. The van der Waals surface area contributed by atoms with Gasteiger partial charge in [-0.25, -0.2) is 13.2 Å². The maximum Gasteiger partial charge on any atom is 0.315 e. The Morgan fingerprint density at radius 2 is 1.60 bits per heavy atom. The molecule has 1 aromatic rings. The molecule has 4 rings (SSSR count). The fourth-order valence-electron chi connectivity index (χ4n) is 7.87. The van der Waals surface area contributed by atoms with Crippen molar-refractivity contribution in [2.45, 2.75) is 110 Å². The smallest absolute Gasteiger partial charge is 0.315 e. The number of ketones is 1. The van der Waals surface area contributed by atoms with Gasteiger partial charge in [0.1, 0.15) is 12.1 Å². The van der Waals surface area contributed by atoms with Gasteiger partial charge in [-0.2, -0.15) is 4.31 Å². The molecule has 4 N–H and O–H groups in total. The van der Waals surface area contributed by atoms with Crippen LogP contribution >= 0.6 is 0 Å². The van der Waals surface area contributed by atoms with Crippen molar-refractivity contribution in [2.75, 3.05) is 26.7 Å². The van der Waals surface area contributed by atoms with Crippen molar-refractivity contribution in [1.82, 2.24) is 30.5 Å². The predicted molar refractivity (Wildman–Crippen MR) is 203 cm³/mol. The molecule has 1 saturated heterocycles. The number of urea groups is 1. The van der Waals surface area contributed by atoms with Crippen molar-refractivity contribution in [3.8, 4) is 0 Å². The standard InChI is InChI=1S/C39H60N6O7S/c1-11-20-40-34(48)31(46)27(21-24-16-15-17-24)42-33(47)30-29-26(39(29,8)9)23-45(30)35(49)32(38(5,6)7)43-36(50)41-22-28(37(2,3)4)44(10)53(51,52)25-18-13-12-14-19-25/h11-14,18-19,24,26-30,32H,1,15-17,20-23H2,2-10H3,(H,40,48)(H,42,47)(H2,41,43,50)/t26-,27?,28+,29-,30-,32+/m0/s1. The van der Waals surface area contributed by atoms with E-state index in [1.54, 1.807) is 18.2 Å². The van der Waals surface area contributed by atoms with Gasteiger partial charge >= 0.3 is 6.03 Å². The van der Waals surface area contributed by atoms with Crippen LogP contribution in [0, 0.1) is 34.0 Å². The molecule has 2 saturated carbocycles. The van der Waals surface area contributed by atoms with Gasteiger partial charge in [-0.15, -0.1) is 6.58 Å². The second-order valence-corrected chi connectivity index (χ2v) is 19.7. The summed E-state index contributed by atoms with van der Waals surface area (Å²) in [4.78, 5) is 69.8. The SMILES string of the molecule is C=CCNC(=O)C(=O)C(CC1CCC1)NC(=O)[C@@H]1[C@@H]2[C@H](CN1C(=O)[C@@H](NC(=O)NC[C@@H](N(C)S(=O)(=O)c1ccccc1)C(C)(C)C)C(C)(C)C)C2(C)C. The zero-order chi connectivity index (χ0) is 39.7. The second kappa shape index (κ2) is 15.9. The summed E-state index contributed by atoms with van der Waals surface area (Å²) in [5.41, 5.74) is -1.57. The Bertz CT molecular complexity index is 1660. The van der Waals surface area contributed by atoms with E-state index >= 15 is 0 Å². The van der Waals surface area contributed by atoms with Crippen LogP contribution in [0.25, 0.3) is 0 Å². The Morgan fingerprint density at radius 1 is 0.981 bits per heavy atom. The number of rotatable bonds is 15. The molecular weight excluding hydrogens is 697 g/mol. The molecule has 2 aliphatic carbocycles. The number of likely N-dealkylation sites (N-methyl/N-ethyl adjacent to an activating group) is 1. The molecule has 13 nitrogen and oxygen atoms in total. The third-order valence-electron chi connectivity index (χ3n) is 11.5. The summed E-state index contributed by atoms with van der Waals surface area (Å²) in [6.07, 6.45) is 4.67. The summed E-state index contributed by atoms with van der Waals surface area (Å²) in [6, 6.07) is 3.82. The van der Waals surface area contributed by atoms with E-state index in [0.717, 1.165) is 19.3 Å². The number of carbonyl (C=O) groups is 5. The van der Waals surface area contributed by atoms with E-state index in [1.165, 1.54) is 34.5 Å². The van der Waals surface area contributed by atoms with E-state index in [1.807, 2.05) is 41.5 Å². The van der Waals surface area contributed by atoms with Crippen molar-refractivity contribution < 1.29 is 32.4 Å². The van der Waals surface area contributed by atoms with Crippen molar-refractivity contribution in [3.63, 3.8) is 0 Å². The number of piperidine rings is 1. The Balaban J connectivity index is 1.52. The third-order valence-corrected chi connectivity index (χ3v) is 13.4. The molecule has 14 heteroatoms. The van der Waals surface area contributed by atoms with E-state index in [-0.39, 0.29) is 41.2 Å². The lowest BCUT2D eigenvalue weighted by Crippen LogP contribution is -2.62. The van der Waals surface area contributed by atoms with E-state index in [2.05, 4.69) is 41.7 Å². The van der Waals surface area contributed by atoms with Crippen molar-refractivity contribution in [1.29, 1.82) is 0 Å². The molecule has 0 spiro atoms. The fourth-order valence-corrected chi connectivity index (χ4v) is 9.43. The molecule has 6 atom stereocenters. The van der Waals surface area contributed by atoms with Gasteiger partial charge in [0.25, 0.3) is 5.91 Å². The number of amides is 5. The summed E-state index contributed by atoms with van der Waals surface area (Å²) in [7, 11) is -2.39. The minimum Gasteiger partial charge on any atom is -0.346 e. The molecule has 3 aliphatic rings. The quantitative estimate of drug-likeness (QED) is 0.157. The minimum absolute atomic E-state index is 0.0349. The highest BCUT2D eigenvalue weighted by molar-refractivity contribution is 7.89. The van der Waals surface area contributed by atoms with E-state index in [9.17, 15) is 32.4 Å². The molecule has 0 radical (unpaired) electrons. The monoisotopic (exact) mass is 756 g/mol. The van der Waals surface area contributed by atoms with Crippen LogP contribution in [0.5, 0.6) is 0 Å². The molecule has 5 amide bonds. The molecule has 3 fully saturated rings. The lowest BCUT2D eigenvalue weighted by atomic mass is 9.80. The Labute approximate surface area is 315 Å².